The number of amides is 1. The van der Waals surface area contributed by atoms with Gasteiger partial charge >= 0.3 is 0 Å². The number of pyridine rings is 1. The Hall–Kier alpha value is -1.50. The van der Waals surface area contributed by atoms with Crippen LogP contribution in [0.25, 0.3) is 0 Å². The molecule has 2 atom stereocenters. The maximum atomic E-state index is 11.7. The second-order valence-corrected chi connectivity index (χ2v) is 4.09. The molecule has 0 aliphatic carbocycles. The lowest BCUT2D eigenvalue weighted by Gasteiger charge is -2.10. The maximum absolute atomic E-state index is 11.7. The highest BCUT2D eigenvalue weighted by molar-refractivity contribution is 5.81. The molecule has 1 amide bonds. The van der Waals surface area contributed by atoms with Gasteiger partial charge in [0.05, 0.1) is 6.17 Å². The minimum Gasteiger partial charge on any atom is -0.354 e. The average molecular weight is 235 g/mol. The highest BCUT2D eigenvalue weighted by atomic mass is 16.2. The Labute approximate surface area is 100.0 Å². The standard InChI is InChI=1S/C11H17N5O/c12-10-6-9(15-16-10)11(17)14-5-3-8-2-1-4-13-7-8/h1-2,4,7,9-10,15-16H,3,5-6,12H2,(H,14,17). The first-order chi connectivity index (χ1) is 8.25. The van der Waals surface area contributed by atoms with Gasteiger partial charge in [0.2, 0.25) is 5.91 Å². The molecule has 1 aromatic heterocycles. The number of rotatable bonds is 4. The Morgan fingerprint density at radius 1 is 1.59 bits per heavy atom. The van der Waals surface area contributed by atoms with Crippen LogP contribution in [0.1, 0.15) is 12.0 Å². The van der Waals surface area contributed by atoms with E-state index in [1.807, 2.05) is 12.1 Å². The van der Waals surface area contributed by atoms with E-state index >= 15 is 0 Å². The van der Waals surface area contributed by atoms with Gasteiger partial charge in [0.1, 0.15) is 6.04 Å². The van der Waals surface area contributed by atoms with E-state index in [9.17, 15) is 4.79 Å². The van der Waals surface area contributed by atoms with Crippen molar-refractivity contribution in [1.29, 1.82) is 0 Å². The van der Waals surface area contributed by atoms with Crippen LogP contribution >= 0.6 is 0 Å². The van der Waals surface area contributed by atoms with Gasteiger partial charge < -0.3 is 11.1 Å². The van der Waals surface area contributed by atoms with Crippen LogP contribution in [0.3, 0.4) is 0 Å². The smallest absolute Gasteiger partial charge is 0.238 e. The lowest BCUT2D eigenvalue weighted by atomic mass is 10.2. The van der Waals surface area contributed by atoms with Gasteiger partial charge in [-0.2, -0.15) is 0 Å². The van der Waals surface area contributed by atoms with Crippen molar-refractivity contribution in [2.45, 2.75) is 25.0 Å². The average Bonchev–Trinajstić information content (AvgIpc) is 2.77. The van der Waals surface area contributed by atoms with Crippen molar-refractivity contribution in [2.24, 2.45) is 5.73 Å². The molecule has 17 heavy (non-hydrogen) atoms. The van der Waals surface area contributed by atoms with Crippen LogP contribution < -0.4 is 21.9 Å². The van der Waals surface area contributed by atoms with E-state index in [1.54, 1.807) is 12.4 Å². The first-order valence-electron chi connectivity index (χ1n) is 5.69. The van der Waals surface area contributed by atoms with Gasteiger partial charge in [-0.25, -0.2) is 10.9 Å². The van der Waals surface area contributed by atoms with E-state index in [-0.39, 0.29) is 18.1 Å². The third kappa shape index (κ3) is 3.48. The highest BCUT2D eigenvalue weighted by Gasteiger charge is 2.26. The van der Waals surface area contributed by atoms with E-state index in [2.05, 4.69) is 21.2 Å². The molecule has 2 heterocycles. The number of nitrogens with zero attached hydrogens (tertiary/aromatic N) is 1. The zero-order chi connectivity index (χ0) is 12.1. The molecule has 5 N–H and O–H groups in total. The summed E-state index contributed by atoms with van der Waals surface area (Å²) in [5, 5.41) is 2.87. The zero-order valence-electron chi connectivity index (χ0n) is 9.52. The lowest BCUT2D eigenvalue weighted by molar-refractivity contribution is -0.122. The quantitative estimate of drug-likeness (QED) is 0.531. The van der Waals surface area contributed by atoms with Crippen LogP contribution in [0.5, 0.6) is 0 Å². The lowest BCUT2D eigenvalue weighted by Crippen LogP contribution is -2.44. The largest absolute Gasteiger partial charge is 0.354 e. The Bertz CT molecular complexity index is 369. The van der Waals surface area contributed by atoms with Gasteiger partial charge in [-0.1, -0.05) is 6.07 Å². The molecular weight excluding hydrogens is 218 g/mol. The number of aromatic nitrogens is 1. The molecule has 1 saturated heterocycles. The van der Waals surface area contributed by atoms with E-state index in [0.717, 1.165) is 12.0 Å². The molecule has 0 spiro atoms. The second kappa shape index (κ2) is 5.72. The fraction of sp³-hybridized carbons (Fsp3) is 0.455. The van der Waals surface area contributed by atoms with Gasteiger partial charge in [0.15, 0.2) is 0 Å². The number of hydrazine groups is 1. The summed E-state index contributed by atoms with van der Waals surface area (Å²) in [5.74, 6) is -0.0191. The molecule has 0 bridgehead atoms. The van der Waals surface area contributed by atoms with Crippen molar-refractivity contribution in [3.63, 3.8) is 0 Å². The van der Waals surface area contributed by atoms with Crippen molar-refractivity contribution in [3.05, 3.63) is 30.1 Å². The normalized spacial score (nSPS) is 23.6. The first-order valence-corrected chi connectivity index (χ1v) is 5.69. The third-order valence-electron chi connectivity index (χ3n) is 2.68. The number of nitrogens with one attached hydrogen (secondary N) is 3. The molecule has 6 nitrogen and oxygen atoms in total. The molecule has 1 fully saturated rings. The van der Waals surface area contributed by atoms with E-state index < -0.39 is 0 Å². The Kier molecular flexibility index (Phi) is 4.03. The number of nitrogens with two attached hydrogens (primary N) is 1. The maximum Gasteiger partial charge on any atom is 0.238 e. The Morgan fingerprint density at radius 2 is 2.47 bits per heavy atom. The van der Waals surface area contributed by atoms with Crippen LogP contribution in [0.15, 0.2) is 24.5 Å². The van der Waals surface area contributed by atoms with Crippen LogP contribution in [-0.2, 0) is 11.2 Å². The minimum atomic E-state index is -0.237. The van der Waals surface area contributed by atoms with Gasteiger partial charge in [-0.05, 0) is 18.1 Å². The highest BCUT2D eigenvalue weighted by Crippen LogP contribution is 2.00. The summed E-state index contributed by atoms with van der Waals surface area (Å²) in [4.78, 5) is 15.7. The topological polar surface area (TPSA) is 92.1 Å². The second-order valence-electron chi connectivity index (χ2n) is 4.09. The molecule has 0 aromatic carbocycles. The van der Waals surface area contributed by atoms with Crippen molar-refractivity contribution in [3.8, 4) is 0 Å². The van der Waals surface area contributed by atoms with Crippen molar-refractivity contribution < 1.29 is 4.79 Å². The van der Waals surface area contributed by atoms with Crippen LogP contribution in [0.4, 0.5) is 0 Å². The number of carbonyl (C=O) groups is 1. The molecule has 2 rings (SSSR count). The summed E-state index contributed by atoms with van der Waals surface area (Å²) < 4.78 is 0. The number of carbonyl (C=O) groups excluding carboxylic acids is 1. The van der Waals surface area contributed by atoms with Gasteiger partial charge in [0.25, 0.3) is 0 Å². The summed E-state index contributed by atoms with van der Waals surface area (Å²) in [6.07, 6.45) is 4.78. The van der Waals surface area contributed by atoms with Crippen molar-refractivity contribution >= 4 is 5.91 Å². The fourth-order valence-corrected chi connectivity index (χ4v) is 1.75. The fourth-order valence-electron chi connectivity index (χ4n) is 1.75. The molecule has 92 valence electrons. The molecule has 2 unspecified atom stereocenters. The van der Waals surface area contributed by atoms with Gasteiger partial charge in [-0.15, -0.1) is 0 Å². The molecule has 0 radical (unpaired) electrons. The van der Waals surface area contributed by atoms with E-state index in [4.69, 9.17) is 5.73 Å². The molecule has 1 aliphatic rings. The molecular formula is C11H17N5O. The van der Waals surface area contributed by atoms with E-state index in [1.165, 1.54) is 0 Å². The molecule has 0 saturated carbocycles. The van der Waals surface area contributed by atoms with E-state index in [0.29, 0.717) is 13.0 Å². The third-order valence-corrected chi connectivity index (χ3v) is 2.68. The molecule has 1 aliphatic heterocycles. The summed E-state index contributed by atoms with van der Waals surface area (Å²) in [6, 6.07) is 3.64. The van der Waals surface area contributed by atoms with Crippen LogP contribution in [0, 0.1) is 0 Å². The number of hydrogen-bond acceptors (Lipinski definition) is 5. The summed E-state index contributed by atoms with van der Waals surface area (Å²) in [5.41, 5.74) is 12.4. The Morgan fingerprint density at radius 3 is 3.12 bits per heavy atom. The zero-order valence-corrected chi connectivity index (χ0v) is 9.52. The Balaban J connectivity index is 1.70. The summed E-state index contributed by atoms with van der Waals surface area (Å²) in [6.45, 7) is 0.609. The van der Waals surface area contributed by atoms with Crippen LogP contribution in [0.2, 0.25) is 0 Å². The van der Waals surface area contributed by atoms with Crippen molar-refractivity contribution in [1.82, 2.24) is 21.2 Å². The minimum absolute atomic E-state index is 0.0191. The monoisotopic (exact) mass is 235 g/mol. The summed E-state index contributed by atoms with van der Waals surface area (Å²) in [7, 11) is 0. The predicted octanol–water partition coefficient (Wildman–Crippen LogP) is -1.11. The van der Waals surface area contributed by atoms with Gasteiger partial charge in [0, 0.05) is 25.4 Å². The number of hydrogen-bond donors (Lipinski definition) is 4. The molecule has 6 heteroatoms. The first kappa shape index (κ1) is 12.0. The SMILES string of the molecule is NC1CC(C(=O)NCCc2cccnc2)NN1. The molecule has 1 aromatic rings. The summed E-state index contributed by atoms with van der Waals surface area (Å²) >= 11 is 0. The van der Waals surface area contributed by atoms with Crippen molar-refractivity contribution in [2.75, 3.05) is 6.54 Å². The van der Waals surface area contributed by atoms with Gasteiger partial charge in [-0.3, -0.25) is 9.78 Å². The van der Waals surface area contributed by atoms with Crippen LogP contribution in [-0.4, -0.2) is 29.6 Å². The predicted molar refractivity (Wildman–Crippen MR) is 63.6 cm³/mol.